The maximum atomic E-state index is 9.41. The van der Waals surface area contributed by atoms with E-state index in [9.17, 15) is 5.11 Å². The van der Waals surface area contributed by atoms with Crippen LogP contribution in [0.15, 0.2) is 36.4 Å². The molecule has 0 saturated heterocycles. The number of rotatable bonds is 13. The molecule has 0 amide bonds. The van der Waals surface area contributed by atoms with Crippen molar-refractivity contribution in [2.24, 2.45) is 0 Å². The second-order valence-corrected chi connectivity index (χ2v) is 6.30. The van der Waals surface area contributed by atoms with Crippen LogP contribution in [0.2, 0.25) is 0 Å². The molecule has 0 heterocycles. The molecule has 0 aliphatic heterocycles. The van der Waals surface area contributed by atoms with Crippen LogP contribution >= 0.6 is 0 Å². The van der Waals surface area contributed by atoms with E-state index in [1.54, 1.807) is 6.07 Å². The molecule has 0 aliphatic carbocycles. The summed E-state index contributed by atoms with van der Waals surface area (Å²) in [6.45, 7) is 2.23. The van der Waals surface area contributed by atoms with E-state index in [1.807, 2.05) is 12.1 Å². The third-order valence-corrected chi connectivity index (χ3v) is 4.12. The molecule has 1 aromatic carbocycles. The molecule has 124 valence electrons. The lowest BCUT2D eigenvalue weighted by Crippen LogP contribution is -1.86. The van der Waals surface area contributed by atoms with Crippen molar-refractivity contribution in [1.82, 2.24) is 0 Å². The van der Waals surface area contributed by atoms with Gasteiger partial charge in [-0.2, -0.15) is 0 Å². The van der Waals surface area contributed by atoms with Gasteiger partial charge >= 0.3 is 0 Å². The van der Waals surface area contributed by atoms with Crippen LogP contribution in [0.4, 0.5) is 0 Å². The van der Waals surface area contributed by atoms with Crippen molar-refractivity contribution < 1.29 is 5.11 Å². The summed E-state index contributed by atoms with van der Waals surface area (Å²) < 4.78 is 0. The first-order chi connectivity index (χ1) is 10.8. The van der Waals surface area contributed by atoms with Crippen molar-refractivity contribution in [2.75, 3.05) is 0 Å². The van der Waals surface area contributed by atoms with Gasteiger partial charge in [-0.3, -0.25) is 0 Å². The van der Waals surface area contributed by atoms with Gasteiger partial charge in [0, 0.05) is 0 Å². The van der Waals surface area contributed by atoms with Gasteiger partial charge in [0.05, 0.1) is 0 Å². The highest BCUT2D eigenvalue weighted by molar-refractivity contribution is 5.27. The Hall–Kier alpha value is -1.24. The predicted molar refractivity (Wildman–Crippen MR) is 97.4 cm³/mol. The zero-order valence-corrected chi connectivity index (χ0v) is 14.4. The van der Waals surface area contributed by atoms with Crippen LogP contribution in [0.1, 0.15) is 83.1 Å². The normalized spacial score (nSPS) is 11.3. The van der Waals surface area contributed by atoms with Gasteiger partial charge in [-0.05, 0) is 49.8 Å². The second-order valence-electron chi connectivity index (χ2n) is 6.30. The van der Waals surface area contributed by atoms with Gasteiger partial charge < -0.3 is 5.11 Å². The number of aryl methyl sites for hydroxylation is 1. The van der Waals surface area contributed by atoms with E-state index in [0.29, 0.717) is 5.75 Å². The van der Waals surface area contributed by atoms with Crippen LogP contribution < -0.4 is 0 Å². The number of aromatic hydroxyl groups is 1. The fraction of sp³-hybridized carbons (Fsp3) is 0.619. The minimum Gasteiger partial charge on any atom is -0.508 e. The van der Waals surface area contributed by atoms with Gasteiger partial charge in [-0.1, -0.05) is 76.2 Å². The summed E-state index contributed by atoms with van der Waals surface area (Å²) in [7, 11) is 0. The molecule has 0 unspecified atom stereocenters. The number of hydrogen-bond acceptors (Lipinski definition) is 1. The molecule has 1 rings (SSSR count). The van der Waals surface area contributed by atoms with Crippen LogP contribution in [-0.4, -0.2) is 5.11 Å². The van der Waals surface area contributed by atoms with E-state index in [0.717, 1.165) is 6.42 Å². The van der Waals surface area contributed by atoms with Gasteiger partial charge in [0.25, 0.3) is 0 Å². The zero-order valence-electron chi connectivity index (χ0n) is 14.4. The minimum absolute atomic E-state index is 0.391. The summed E-state index contributed by atoms with van der Waals surface area (Å²) in [5, 5.41) is 9.41. The monoisotopic (exact) mass is 302 g/mol. The molecule has 0 fully saturated rings. The Kier molecular flexibility index (Phi) is 11.5. The quantitative estimate of drug-likeness (QED) is 0.314. The van der Waals surface area contributed by atoms with Gasteiger partial charge in [-0.25, -0.2) is 0 Å². The lowest BCUT2D eigenvalue weighted by Gasteiger charge is -2.03. The van der Waals surface area contributed by atoms with Crippen molar-refractivity contribution in [1.29, 1.82) is 0 Å². The highest BCUT2D eigenvalue weighted by atomic mass is 16.3. The molecule has 0 atom stereocenters. The van der Waals surface area contributed by atoms with Crippen LogP contribution in [0.25, 0.3) is 0 Å². The molecule has 0 aliphatic rings. The first-order valence-corrected chi connectivity index (χ1v) is 9.26. The summed E-state index contributed by atoms with van der Waals surface area (Å²) in [6, 6.07) is 7.66. The highest BCUT2D eigenvalue weighted by Gasteiger charge is 1.96. The standard InChI is InChI=1S/C21H34O/c1-2-3-4-5-6-7-8-9-10-11-12-13-14-16-20-17-15-18-21(22)19-20/h4-5,15,17-19,22H,2-3,6-14,16H2,1H3. The molecule has 0 spiro atoms. The topological polar surface area (TPSA) is 20.2 Å². The molecule has 1 heteroatoms. The second kappa shape index (κ2) is 13.4. The number of allylic oxidation sites excluding steroid dienone is 2. The van der Waals surface area contributed by atoms with Crippen molar-refractivity contribution in [3.63, 3.8) is 0 Å². The van der Waals surface area contributed by atoms with E-state index in [1.165, 1.54) is 76.2 Å². The summed E-state index contributed by atoms with van der Waals surface area (Å²) in [5.74, 6) is 0.391. The smallest absolute Gasteiger partial charge is 0.115 e. The van der Waals surface area contributed by atoms with Crippen LogP contribution in [0.3, 0.4) is 0 Å². The van der Waals surface area contributed by atoms with Crippen molar-refractivity contribution in [3.05, 3.63) is 42.0 Å². The Labute approximate surface area is 137 Å². The molecular formula is C21H34O. The van der Waals surface area contributed by atoms with E-state index >= 15 is 0 Å². The number of unbranched alkanes of at least 4 members (excludes halogenated alkanes) is 9. The molecule has 1 nitrogen and oxygen atoms in total. The van der Waals surface area contributed by atoms with Crippen LogP contribution in [0, 0.1) is 0 Å². The first-order valence-electron chi connectivity index (χ1n) is 9.26. The summed E-state index contributed by atoms with van der Waals surface area (Å²) in [5.41, 5.74) is 1.26. The van der Waals surface area contributed by atoms with Gasteiger partial charge in [0.15, 0.2) is 0 Å². The molecule has 0 aromatic heterocycles. The Morgan fingerprint density at radius 1 is 0.818 bits per heavy atom. The predicted octanol–water partition coefficient (Wildman–Crippen LogP) is 6.80. The Bertz CT molecular complexity index is 395. The lowest BCUT2D eigenvalue weighted by atomic mass is 10.0. The summed E-state index contributed by atoms with van der Waals surface area (Å²) in [6.07, 6.45) is 20.4. The fourth-order valence-electron chi connectivity index (χ4n) is 2.77. The van der Waals surface area contributed by atoms with Crippen LogP contribution in [0.5, 0.6) is 5.75 Å². The molecule has 1 aromatic rings. The van der Waals surface area contributed by atoms with Gasteiger partial charge in [0.1, 0.15) is 5.75 Å². The average molecular weight is 303 g/mol. The van der Waals surface area contributed by atoms with Crippen molar-refractivity contribution in [2.45, 2.75) is 84.0 Å². The van der Waals surface area contributed by atoms with Gasteiger partial charge in [0.2, 0.25) is 0 Å². The van der Waals surface area contributed by atoms with Crippen molar-refractivity contribution >= 4 is 0 Å². The zero-order chi connectivity index (χ0) is 15.9. The molecule has 0 radical (unpaired) electrons. The average Bonchev–Trinajstić information content (AvgIpc) is 2.52. The third kappa shape index (κ3) is 10.5. The number of phenols is 1. The van der Waals surface area contributed by atoms with Gasteiger partial charge in [-0.15, -0.1) is 0 Å². The van der Waals surface area contributed by atoms with Crippen molar-refractivity contribution in [3.8, 4) is 5.75 Å². The Morgan fingerprint density at radius 2 is 1.45 bits per heavy atom. The minimum atomic E-state index is 0.391. The molecule has 0 saturated carbocycles. The first kappa shape index (κ1) is 18.8. The van der Waals surface area contributed by atoms with Crippen LogP contribution in [-0.2, 0) is 6.42 Å². The Morgan fingerprint density at radius 3 is 2.14 bits per heavy atom. The van der Waals surface area contributed by atoms with E-state index in [-0.39, 0.29) is 0 Å². The molecule has 1 N–H and O–H groups in total. The Balaban J connectivity index is 1.84. The maximum Gasteiger partial charge on any atom is 0.115 e. The third-order valence-electron chi connectivity index (χ3n) is 4.12. The largest absolute Gasteiger partial charge is 0.508 e. The molecular weight excluding hydrogens is 268 g/mol. The fourth-order valence-corrected chi connectivity index (χ4v) is 2.77. The number of hydrogen-bond donors (Lipinski definition) is 1. The molecule has 0 bridgehead atoms. The summed E-state index contributed by atoms with van der Waals surface area (Å²) in [4.78, 5) is 0. The lowest BCUT2D eigenvalue weighted by molar-refractivity contribution is 0.474. The molecule has 22 heavy (non-hydrogen) atoms. The highest BCUT2D eigenvalue weighted by Crippen LogP contribution is 2.15. The number of benzene rings is 1. The van der Waals surface area contributed by atoms with E-state index in [2.05, 4.69) is 25.1 Å². The SMILES string of the molecule is CCCC=CCCCCCCCCCCc1cccc(O)c1. The summed E-state index contributed by atoms with van der Waals surface area (Å²) >= 11 is 0. The van der Waals surface area contributed by atoms with E-state index < -0.39 is 0 Å². The van der Waals surface area contributed by atoms with E-state index in [4.69, 9.17) is 0 Å². The maximum absolute atomic E-state index is 9.41. The number of phenolic OH excluding ortho intramolecular Hbond substituents is 1.